The second-order valence-corrected chi connectivity index (χ2v) is 8.88. The number of hydrogen-bond acceptors (Lipinski definition) is 9. The van der Waals surface area contributed by atoms with E-state index in [1.807, 2.05) is 4.90 Å². The Kier molecular flexibility index (Phi) is 6.61. The summed E-state index contributed by atoms with van der Waals surface area (Å²) >= 11 is 0. The van der Waals surface area contributed by atoms with E-state index in [9.17, 15) is 18.0 Å². The third-order valence-electron chi connectivity index (χ3n) is 6.20. The van der Waals surface area contributed by atoms with Crippen molar-refractivity contribution in [2.75, 3.05) is 25.1 Å². The Labute approximate surface area is 215 Å². The molecular weight excluding hydrogens is 503 g/mol. The van der Waals surface area contributed by atoms with Gasteiger partial charge in [0.25, 0.3) is 5.91 Å². The molecular formula is C25H24F3N7O3. The minimum Gasteiger partial charge on any atom is -0.494 e. The Balaban J connectivity index is 1.46. The summed E-state index contributed by atoms with van der Waals surface area (Å²) in [5, 5.41) is 3.28. The molecule has 4 aromatic rings. The van der Waals surface area contributed by atoms with Gasteiger partial charge in [-0.25, -0.2) is 19.9 Å². The van der Waals surface area contributed by atoms with Gasteiger partial charge in [0.2, 0.25) is 11.8 Å². The summed E-state index contributed by atoms with van der Waals surface area (Å²) in [5.41, 5.74) is 5.36. The minimum absolute atomic E-state index is 0.00764. The van der Waals surface area contributed by atoms with E-state index >= 15 is 0 Å². The summed E-state index contributed by atoms with van der Waals surface area (Å²) < 4.78 is 51.0. The smallest absolute Gasteiger partial charge is 0.433 e. The van der Waals surface area contributed by atoms with Crippen molar-refractivity contribution in [1.29, 1.82) is 0 Å². The Hall–Kier alpha value is -4.26. The van der Waals surface area contributed by atoms with Crippen molar-refractivity contribution < 1.29 is 27.1 Å². The highest BCUT2D eigenvalue weighted by atomic mass is 19.4. The molecule has 4 heterocycles. The fourth-order valence-corrected chi connectivity index (χ4v) is 4.39. The summed E-state index contributed by atoms with van der Waals surface area (Å²) in [7, 11) is 1.34. The van der Waals surface area contributed by atoms with E-state index in [4.69, 9.17) is 14.9 Å². The van der Waals surface area contributed by atoms with Gasteiger partial charge in [0.15, 0.2) is 11.5 Å². The first-order valence-electron chi connectivity index (χ1n) is 11.8. The number of methoxy groups -OCH3 is 1. The van der Waals surface area contributed by atoms with Gasteiger partial charge in [0.1, 0.15) is 17.0 Å². The SMILES string of the molecule is COc1ccc(-c2nc(C(=O)N[C@@H]3CCN(c4ncccn4)C3)c([C@H](C)N)o2)c2ccc(C(F)(F)F)nc12. The molecule has 1 fully saturated rings. The van der Waals surface area contributed by atoms with Crippen molar-refractivity contribution >= 4 is 22.8 Å². The molecule has 13 heteroatoms. The van der Waals surface area contributed by atoms with Crippen LogP contribution in [-0.2, 0) is 6.18 Å². The molecule has 1 amide bonds. The molecule has 0 saturated carbocycles. The number of carbonyl (C=O) groups excluding carboxylic acids is 1. The molecule has 0 aliphatic carbocycles. The van der Waals surface area contributed by atoms with Gasteiger partial charge < -0.3 is 25.1 Å². The molecule has 198 valence electrons. The number of pyridine rings is 1. The number of nitrogens with one attached hydrogen (secondary N) is 1. The number of amides is 1. The van der Waals surface area contributed by atoms with Crippen molar-refractivity contribution in [2.45, 2.75) is 31.6 Å². The summed E-state index contributed by atoms with van der Waals surface area (Å²) in [5.74, 6) is 0.450. The van der Waals surface area contributed by atoms with Crippen LogP contribution >= 0.6 is 0 Å². The van der Waals surface area contributed by atoms with Crippen molar-refractivity contribution in [2.24, 2.45) is 5.73 Å². The number of benzene rings is 1. The van der Waals surface area contributed by atoms with E-state index in [-0.39, 0.29) is 34.7 Å². The van der Waals surface area contributed by atoms with Crippen molar-refractivity contribution in [3.05, 3.63) is 59.9 Å². The normalized spacial score (nSPS) is 16.6. The first-order valence-corrected chi connectivity index (χ1v) is 11.8. The zero-order valence-electron chi connectivity index (χ0n) is 20.5. The summed E-state index contributed by atoms with van der Waals surface area (Å²) in [6, 6.07) is 6.08. The molecule has 1 aliphatic rings. The maximum absolute atomic E-state index is 13.3. The van der Waals surface area contributed by atoms with Gasteiger partial charge in [-0.05, 0) is 43.7 Å². The number of fused-ring (bicyclic) bond motifs is 1. The van der Waals surface area contributed by atoms with Crippen LogP contribution < -0.4 is 20.7 Å². The predicted molar refractivity (Wildman–Crippen MR) is 132 cm³/mol. The van der Waals surface area contributed by atoms with E-state index in [1.54, 1.807) is 31.5 Å². The third-order valence-corrected chi connectivity index (χ3v) is 6.20. The molecule has 0 bridgehead atoms. The van der Waals surface area contributed by atoms with Crippen LogP contribution in [0.5, 0.6) is 5.75 Å². The highest BCUT2D eigenvalue weighted by Gasteiger charge is 2.34. The lowest BCUT2D eigenvalue weighted by Crippen LogP contribution is -2.38. The average Bonchev–Trinajstić information content (AvgIpc) is 3.55. The Morgan fingerprint density at radius 1 is 1.21 bits per heavy atom. The van der Waals surface area contributed by atoms with E-state index in [2.05, 4.69) is 25.3 Å². The molecule has 0 radical (unpaired) electrons. The number of nitrogens with two attached hydrogens (primary N) is 1. The van der Waals surface area contributed by atoms with Crippen molar-refractivity contribution in [3.63, 3.8) is 0 Å². The van der Waals surface area contributed by atoms with E-state index in [1.165, 1.54) is 19.2 Å². The predicted octanol–water partition coefficient (Wildman–Crippen LogP) is 3.74. The molecule has 3 aromatic heterocycles. The fourth-order valence-electron chi connectivity index (χ4n) is 4.39. The maximum atomic E-state index is 13.3. The van der Waals surface area contributed by atoms with Crippen LogP contribution in [0.15, 0.2) is 47.1 Å². The number of nitrogens with zero attached hydrogens (tertiary/aromatic N) is 5. The van der Waals surface area contributed by atoms with Gasteiger partial charge in [0, 0.05) is 42.5 Å². The van der Waals surface area contributed by atoms with E-state index in [0.717, 1.165) is 6.07 Å². The lowest BCUT2D eigenvalue weighted by molar-refractivity contribution is -0.140. The van der Waals surface area contributed by atoms with Crippen LogP contribution in [-0.4, -0.2) is 52.1 Å². The van der Waals surface area contributed by atoms with Crippen LogP contribution in [0.2, 0.25) is 0 Å². The van der Waals surface area contributed by atoms with Crippen LogP contribution in [0.1, 0.15) is 41.3 Å². The van der Waals surface area contributed by atoms with Crippen LogP contribution in [0, 0.1) is 0 Å². The topological polar surface area (TPSA) is 132 Å². The standard InChI is InChI=1S/C25H24F3N7O3/c1-13(29)21-20(22(36)32-14-8-11-35(12-14)24-30-9-3-10-31-24)34-23(38-21)16-4-6-17(37-2)19-15(16)5-7-18(33-19)25(26,27)28/h3-7,9-10,13-14H,8,11-12,29H2,1-2H3,(H,32,36)/t13-,14+/m0/s1. The van der Waals surface area contributed by atoms with Gasteiger partial charge in [0.05, 0.1) is 13.2 Å². The van der Waals surface area contributed by atoms with Crippen molar-refractivity contribution in [3.8, 4) is 17.2 Å². The molecule has 3 N–H and O–H groups in total. The lowest BCUT2D eigenvalue weighted by atomic mass is 10.1. The Bertz CT molecular complexity index is 1470. The highest BCUT2D eigenvalue weighted by molar-refractivity contribution is 5.98. The number of carbonyl (C=O) groups is 1. The third kappa shape index (κ3) is 4.84. The largest absolute Gasteiger partial charge is 0.494 e. The van der Waals surface area contributed by atoms with Crippen molar-refractivity contribution in [1.82, 2.24) is 25.3 Å². The molecule has 1 saturated heterocycles. The van der Waals surface area contributed by atoms with Crippen LogP contribution in [0.4, 0.5) is 19.1 Å². The number of rotatable bonds is 6. The zero-order valence-corrected chi connectivity index (χ0v) is 20.5. The zero-order chi connectivity index (χ0) is 27.0. The monoisotopic (exact) mass is 527 g/mol. The number of aromatic nitrogens is 4. The minimum atomic E-state index is -4.63. The van der Waals surface area contributed by atoms with Crippen LogP contribution in [0.3, 0.4) is 0 Å². The molecule has 38 heavy (non-hydrogen) atoms. The average molecular weight is 528 g/mol. The van der Waals surface area contributed by atoms with Gasteiger partial charge in [-0.1, -0.05) is 0 Å². The van der Waals surface area contributed by atoms with Gasteiger partial charge in [-0.2, -0.15) is 13.2 Å². The quantitative estimate of drug-likeness (QED) is 0.385. The second kappa shape index (κ2) is 9.89. The maximum Gasteiger partial charge on any atom is 0.433 e. The first-order chi connectivity index (χ1) is 18.2. The fraction of sp³-hybridized carbons (Fsp3) is 0.320. The molecule has 10 nitrogen and oxygen atoms in total. The number of alkyl halides is 3. The molecule has 2 atom stereocenters. The second-order valence-electron chi connectivity index (χ2n) is 8.88. The summed E-state index contributed by atoms with van der Waals surface area (Å²) in [6.07, 6.45) is -0.642. The Morgan fingerprint density at radius 2 is 1.97 bits per heavy atom. The molecule has 1 aromatic carbocycles. The number of ether oxygens (including phenoxy) is 1. The van der Waals surface area contributed by atoms with Gasteiger partial charge >= 0.3 is 6.18 Å². The molecule has 0 spiro atoms. The lowest BCUT2D eigenvalue weighted by Gasteiger charge is -2.16. The van der Waals surface area contributed by atoms with Crippen LogP contribution in [0.25, 0.3) is 22.4 Å². The number of anilines is 1. The number of hydrogen-bond donors (Lipinski definition) is 2. The number of halogens is 3. The molecule has 0 unspecified atom stereocenters. The Morgan fingerprint density at radius 3 is 2.66 bits per heavy atom. The van der Waals surface area contributed by atoms with Gasteiger partial charge in [-0.3, -0.25) is 4.79 Å². The van der Waals surface area contributed by atoms with E-state index < -0.39 is 23.8 Å². The summed E-state index contributed by atoms with van der Waals surface area (Å²) in [6.45, 7) is 2.84. The summed E-state index contributed by atoms with van der Waals surface area (Å²) in [4.78, 5) is 31.9. The number of oxazole rings is 1. The molecule has 1 aliphatic heterocycles. The highest BCUT2D eigenvalue weighted by Crippen LogP contribution is 2.37. The first kappa shape index (κ1) is 25.4. The van der Waals surface area contributed by atoms with Gasteiger partial charge in [-0.15, -0.1) is 0 Å². The molecule has 5 rings (SSSR count). The van der Waals surface area contributed by atoms with E-state index in [0.29, 0.717) is 36.4 Å².